The zero-order chi connectivity index (χ0) is 22.5. The molecule has 0 bridgehead atoms. The van der Waals surface area contributed by atoms with Crippen molar-refractivity contribution in [2.24, 2.45) is 0 Å². The highest BCUT2D eigenvalue weighted by Gasteiger charge is 2.33. The Bertz CT molecular complexity index is 767. The normalized spacial score (nSPS) is 15.0. The third-order valence-electron chi connectivity index (χ3n) is 5.71. The monoisotopic (exact) mass is 474 g/mol. The van der Waals surface area contributed by atoms with E-state index in [0.717, 1.165) is 31.0 Å². The average Bonchev–Trinajstić information content (AvgIpc) is 3.12. The Morgan fingerprint density at radius 3 is 1.97 bits per heavy atom. The molecule has 0 amide bonds. The molecule has 2 rings (SSSR count). The molecule has 2 heterocycles. The molecule has 0 aromatic carbocycles. The molecule has 0 saturated carbocycles. The molecule has 0 radical (unpaired) electrons. The summed E-state index contributed by atoms with van der Waals surface area (Å²) < 4.78 is 34.9. The highest BCUT2D eigenvalue weighted by Crippen LogP contribution is 2.30. The molecule has 178 valence electrons. The van der Waals surface area contributed by atoms with Gasteiger partial charge in [0.05, 0.1) is 0 Å². The number of rotatable bonds is 17. The summed E-state index contributed by atoms with van der Waals surface area (Å²) in [4.78, 5) is 11.5. The van der Waals surface area contributed by atoms with Crippen LogP contribution in [0.1, 0.15) is 114 Å². The Balaban J connectivity index is 1.59. The first-order valence-electron chi connectivity index (χ1n) is 11.8. The van der Waals surface area contributed by atoms with Crippen LogP contribution in [-0.2, 0) is 14.9 Å². The molecule has 1 unspecified atom stereocenters. The van der Waals surface area contributed by atoms with Gasteiger partial charge in [0, 0.05) is 0 Å². The maximum absolute atomic E-state index is 11.9. The minimum absolute atomic E-state index is 0.0692. The standard InChI is InChI=1S/C21H38N4O4S2/c1-2-3-4-5-6-7-8-9-10-11-12-13-14-15-16-18(31(27,28)29)20-23-24-21-25(20)22-17-19(26)30-21/h18,22H,2-17H2,1H3,(H,27,28,29). The summed E-state index contributed by atoms with van der Waals surface area (Å²) in [7, 11) is -4.31. The largest absolute Gasteiger partial charge is 0.314 e. The molecule has 1 aromatic rings. The van der Waals surface area contributed by atoms with Gasteiger partial charge < -0.3 is 5.43 Å². The number of nitrogens with zero attached hydrogens (tertiary/aromatic N) is 3. The van der Waals surface area contributed by atoms with E-state index in [0.29, 0.717) is 11.6 Å². The highest BCUT2D eigenvalue weighted by molar-refractivity contribution is 8.13. The van der Waals surface area contributed by atoms with Gasteiger partial charge in [0.15, 0.2) is 5.82 Å². The number of hydrogen-bond donors (Lipinski definition) is 2. The number of hydrogen-bond acceptors (Lipinski definition) is 7. The number of thioether (sulfide) groups is 1. The van der Waals surface area contributed by atoms with Crippen LogP contribution in [0.3, 0.4) is 0 Å². The van der Waals surface area contributed by atoms with Crippen LogP contribution in [0.2, 0.25) is 0 Å². The first kappa shape index (κ1) is 26.1. The lowest BCUT2D eigenvalue weighted by Crippen LogP contribution is -2.30. The molecule has 1 aliphatic heterocycles. The summed E-state index contributed by atoms with van der Waals surface area (Å²) in [6.45, 7) is 2.32. The summed E-state index contributed by atoms with van der Waals surface area (Å²) in [5, 5.41) is 6.86. The van der Waals surface area contributed by atoms with Gasteiger partial charge in [-0.2, -0.15) is 8.42 Å². The van der Waals surface area contributed by atoms with Gasteiger partial charge in [0.1, 0.15) is 11.8 Å². The first-order chi connectivity index (χ1) is 14.9. The molecular weight excluding hydrogens is 436 g/mol. The molecule has 0 saturated heterocycles. The van der Waals surface area contributed by atoms with E-state index in [-0.39, 0.29) is 23.9 Å². The lowest BCUT2D eigenvalue weighted by atomic mass is 10.0. The minimum Gasteiger partial charge on any atom is -0.314 e. The fourth-order valence-corrected chi connectivity index (χ4v) is 5.48. The molecular formula is C21H38N4O4S2. The summed E-state index contributed by atoms with van der Waals surface area (Å²) in [5.41, 5.74) is 2.81. The smallest absolute Gasteiger partial charge is 0.275 e. The molecule has 1 aliphatic rings. The number of nitrogens with one attached hydrogen (secondary N) is 1. The lowest BCUT2D eigenvalue weighted by molar-refractivity contribution is -0.109. The van der Waals surface area contributed by atoms with E-state index >= 15 is 0 Å². The van der Waals surface area contributed by atoms with Gasteiger partial charge in [-0.3, -0.25) is 9.35 Å². The van der Waals surface area contributed by atoms with Crippen LogP contribution in [0.25, 0.3) is 0 Å². The van der Waals surface area contributed by atoms with Gasteiger partial charge in [0.25, 0.3) is 10.1 Å². The van der Waals surface area contributed by atoms with Crippen LogP contribution in [0.15, 0.2) is 5.16 Å². The molecule has 31 heavy (non-hydrogen) atoms. The summed E-state index contributed by atoms with van der Waals surface area (Å²) in [5.74, 6) is 0.146. The fourth-order valence-electron chi connectivity index (χ4n) is 3.92. The number of carbonyl (C=O) groups is 1. The Kier molecular flexibility index (Phi) is 11.9. The second-order valence-corrected chi connectivity index (χ2v) is 11.0. The molecule has 0 spiro atoms. The Morgan fingerprint density at radius 1 is 0.935 bits per heavy atom. The zero-order valence-corrected chi connectivity index (χ0v) is 20.4. The Morgan fingerprint density at radius 2 is 1.45 bits per heavy atom. The molecule has 0 aliphatic carbocycles. The maximum Gasteiger partial charge on any atom is 0.275 e. The number of carbonyl (C=O) groups excluding carboxylic acids is 1. The third-order valence-corrected chi connectivity index (χ3v) is 7.70. The van der Waals surface area contributed by atoms with Crippen LogP contribution in [0.4, 0.5) is 0 Å². The number of unbranched alkanes of at least 4 members (excludes halogenated alkanes) is 13. The van der Waals surface area contributed by atoms with Gasteiger partial charge >= 0.3 is 0 Å². The van der Waals surface area contributed by atoms with Crippen molar-refractivity contribution < 1.29 is 17.8 Å². The van der Waals surface area contributed by atoms with E-state index < -0.39 is 15.4 Å². The average molecular weight is 475 g/mol. The fraction of sp³-hybridized carbons (Fsp3) is 0.857. The molecule has 8 nitrogen and oxygen atoms in total. The van der Waals surface area contributed by atoms with Gasteiger partial charge in [-0.25, -0.2) is 4.68 Å². The topological polar surface area (TPSA) is 114 Å². The number of fused-ring (bicyclic) bond motifs is 1. The van der Waals surface area contributed by atoms with Gasteiger partial charge in [-0.1, -0.05) is 96.8 Å². The van der Waals surface area contributed by atoms with E-state index in [4.69, 9.17) is 0 Å². The predicted molar refractivity (Wildman–Crippen MR) is 124 cm³/mol. The second kappa shape index (κ2) is 14.1. The van der Waals surface area contributed by atoms with Crippen LogP contribution in [-0.4, -0.2) is 39.5 Å². The van der Waals surface area contributed by atoms with E-state index in [2.05, 4.69) is 22.5 Å². The Hall–Kier alpha value is -1.13. The number of aromatic nitrogens is 3. The SMILES string of the molecule is CCCCCCCCCCCCCCCCC(c1nnc2n1NCC(=O)S2)S(=O)(=O)O. The van der Waals surface area contributed by atoms with Crippen molar-refractivity contribution in [2.45, 2.75) is 114 Å². The first-order valence-corrected chi connectivity index (χ1v) is 14.1. The van der Waals surface area contributed by atoms with Gasteiger partial charge in [-0.15, -0.1) is 10.2 Å². The lowest BCUT2D eigenvalue weighted by Gasteiger charge is -2.19. The molecule has 1 aromatic heterocycles. The summed E-state index contributed by atoms with van der Waals surface area (Å²) in [6.07, 6.45) is 17.4. The summed E-state index contributed by atoms with van der Waals surface area (Å²) in [6, 6.07) is 0. The maximum atomic E-state index is 11.9. The van der Waals surface area contributed by atoms with Crippen LogP contribution in [0, 0.1) is 0 Å². The van der Waals surface area contributed by atoms with Crippen molar-refractivity contribution in [3.63, 3.8) is 0 Å². The van der Waals surface area contributed by atoms with Crippen LogP contribution >= 0.6 is 11.8 Å². The van der Waals surface area contributed by atoms with Crippen LogP contribution < -0.4 is 5.43 Å². The molecule has 0 fully saturated rings. The highest BCUT2D eigenvalue weighted by atomic mass is 32.2. The minimum atomic E-state index is -4.31. The second-order valence-electron chi connectivity index (χ2n) is 8.37. The van der Waals surface area contributed by atoms with Gasteiger partial charge in [-0.05, 0) is 18.2 Å². The van der Waals surface area contributed by atoms with E-state index in [1.165, 1.54) is 68.9 Å². The van der Waals surface area contributed by atoms with Gasteiger partial charge in [0.2, 0.25) is 10.3 Å². The quantitative estimate of drug-likeness (QED) is 0.232. The van der Waals surface area contributed by atoms with Crippen molar-refractivity contribution in [1.29, 1.82) is 0 Å². The van der Waals surface area contributed by atoms with Crippen molar-refractivity contribution in [2.75, 3.05) is 12.0 Å². The van der Waals surface area contributed by atoms with Crippen molar-refractivity contribution in [3.05, 3.63) is 5.82 Å². The van der Waals surface area contributed by atoms with E-state index in [9.17, 15) is 17.8 Å². The molecule has 2 N–H and O–H groups in total. The molecule has 10 heteroatoms. The predicted octanol–water partition coefficient (Wildman–Crippen LogP) is 5.25. The summed E-state index contributed by atoms with van der Waals surface area (Å²) >= 11 is 0.921. The zero-order valence-electron chi connectivity index (χ0n) is 18.7. The van der Waals surface area contributed by atoms with E-state index in [1.54, 1.807) is 0 Å². The Labute approximate surface area is 191 Å². The third kappa shape index (κ3) is 9.49. The van der Waals surface area contributed by atoms with Crippen molar-refractivity contribution in [3.8, 4) is 0 Å². The van der Waals surface area contributed by atoms with E-state index in [1.807, 2.05) is 0 Å². The van der Waals surface area contributed by atoms with Crippen molar-refractivity contribution in [1.82, 2.24) is 14.9 Å². The van der Waals surface area contributed by atoms with Crippen LogP contribution in [0.5, 0.6) is 0 Å². The van der Waals surface area contributed by atoms with Crippen molar-refractivity contribution >= 4 is 27.0 Å². The molecule has 1 atom stereocenters.